The summed E-state index contributed by atoms with van der Waals surface area (Å²) in [6.45, 7) is 11.0. The molecule has 0 aromatic heterocycles. The Hall–Kier alpha value is -2.67. The van der Waals surface area contributed by atoms with Crippen LogP contribution in [-0.2, 0) is 29.3 Å². The molecule has 2 N–H and O–H groups in total. The van der Waals surface area contributed by atoms with Crippen molar-refractivity contribution >= 4 is 23.5 Å². The van der Waals surface area contributed by atoms with Crippen LogP contribution in [0.2, 0.25) is 0 Å². The maximum Gasteiger partial charge on any atom is 0.324 e. The molecule has 162 valence electrons. The number of ether oxygens (including phenoxy) is 2. The number of carbonyl (C=O) groups is 3. The molecular weight excluding hydrogens is 384 g/mol. The first-order chi connectivity index (χ1) is 14.0. The van der Waals surface area contributed by atoms with Crippen LogP contribution in [-0.4, -0.2) is 42.1 Å². The van der Waals surface area contributed by atoms with E-state index in [1.807, 2.05) is 38.1 Å². The minimum absolute atomic E-state index is 0.142. The molecule has 1 saturated heterocycles. The lowest BCUT2D eigenvalue weighted by Gasteiger charge is -2.32. The van der Waals surface area contributed by atoms with Crippen molar-refractivity contribution in [3.63, 3.8) is 0 Å². The van der Waals surface area contributed by atoms with E-state index in [-0.39, 0.29) is 12.5 Å². The van der Waals surface area contributed by atoms with Crippen LogP contribution >= 0.6 is 0 Å². The van der Waals surface area contributed by atoms with E-state index >= 15 is 0 Å². The number of hydrogen-bond donors (Lipinski definition) is 2. The molecule has 0 radical (unpaired) electrons. The zero-order chi connectivity index (χ0) is 22.3. The average Bonchev–Trinajstić information content (AvgIpc) is 3.11. The smallest absolute Gasteiger partial charge is 0.324 e. The van der Waals surface area contributed by atoms with Crippen LogP contribution in [0.1, 0.15) is 47.1 Å². The van der Waals surface area contributed by atoms with Gasteiger partial charge in [-0.3, -0.25) is 19.7 Å². The van der Waals surface area contributed by atoms with E-state index in [9.17, 15) is 14.4 Å². The Bertz CT molecular complexity index is 897. The highest BCUT2D eigenvalue weighted by Crippen LogP contribution is 2.51. The summed E-state index contributed by atoms with van der Waals surface area (Å²) in [5.74, 6) is -2.58. The van der Waals surface area contributed by atoms with E-state index in [4.69, 9.17) is 9.47 Å². The van der Waals surface area contributed by atoms with Crippen molar-refractivity contribution in [2.24, 2.45) is 5.92 Å². The second kappa shape index (κ2) is 7.87. The monoisotopic (exact) mass is 414 g/mol. The molecule has 2 aliphatic rings. The fraction of sp³-hybridized carbons (Fsp3) is 0.522. The van der Waals surface area contributed by atoms with E-state index in [0.717, 1.165) is 5.57 Å². The lowest BCUT2D eigenvalue weighted by Crippen LogP contribution is -2.51. The third-order valence-corrected chi connectivity index (χ3v) is 5.37. The molecule has 1 fully saturated rings. The molecule has 30 heavy (non-hydrogen) atoms. The second-order valence-corrected chi connectivity index (χ2v) is 9.00. The number of para-hydroxylation sites is 1. The van der Waals surface area contributed by atoms with E-state index in [2.05, 4.69) is 10.6 Å². The molecule has 4 atom stereocenters. The third-order valence-electron chi connectivity index (χ3n) is 5.37. The zero-order valence-electron chi connectivity index (χ0n) is 18.4. The molecule has 7 heteroatoms. The maximum absolute atomic E-state index is 13.5. The summed E-state index contributed by atoms with van der Waals surface area (Å²) in [7, 11) is 0. The molecule has 2 heterocycles. The van der Waals surface area contributed by atoms with Crippen molar-refractivity contribution in [1.82, 2.24) is 5.32 Å². The van der Waals surface area contributed by atoms with Crippen molar-refractivity contribution < 1.29 is 23.9 Å². The Morgan fingerprint density at radius 1 is 1.17 bits per heavy atom. The van der Waals surface area contributed by atoms with Gasteiger partial charge in [0.2, 0.25) is 5.91 Å². The number of rotatable bonds is 4. The second-order valence-electron chi connectivity index (χ2n) is 9.00. The summed E-state index contributed by atoms with van der Waals surface area (Å²) >= 11 is 0. The standard InChI is InChI=1S/C23H30N2O5/c1-7-29-19(26)17-18(20(27)30-22(4,5)6)25-16(12-13(2)3)23(17)14-10-8-9-11-15(14)24-21(23)28/h8-12,16-18,25H,7H2,1-6H3,(H,24,28)/t16-,17+,18+,23-/m1/s1. The van der Waals surface area contributed by atoms with Crippen molar-refractivity contribution in [2.75, 3.05) is 11.9 Å². The fourth-order valence-electron chi connectivity index (χ4n) is 4.43. The zero-order valence-corrected chi connectivity index (χ0v) is 18.4. The summed E-state index contributed by atoms with van der Waals surface area (Å²) < 4.78 is 11.0. The molecule has 1 spiro atoms. The van der Waals surface area contributed by atoms with E-state index in [1.165, 1.54) is 0 Å². The van der Waals surface area contributed by atoms with Gasteiger partial charge in [-0.05, 0) is 53.2 Å². The Kier molecular flexibility index (Phi) is 5.78. The Labute approximate surface area is 177 Å². The van der Waals surface area contributed by atoms with Crippen LogP contribution in [0.5, 0.6) is 0 Å². The van der Waals surface area contributed by atoms with Crippen LogP contribution in [0.15, 0.2) is 35.9 Å². The van der Waals surface area contributed by atoms with Gasteiger partial charge in [-0.2, -0.15) is 0 Å². The summed E-state index contributed by atoms with van der Waals surface area (Å²) in [4.78, 5) is 39.8. The Balaban J connectivity index is 2.22. The number of esters is 2. The van der Waals surface area contributed by atoms with Gasteiger partial charge in [-0.15, -0.1) is 0 Å². The highest BCUT2D eigenvalue weighted by atomic mass is 16.6. The van der Waals surface area contributed by atoms with Gasteiger partial charge in [0.1, 0.15) is 23.0 Å². The number of carbonyl (C=O) groups excluding carboxylic acids is 3. The van der Waals surface area contributed by atoms with Crippen molar-refractivity contribution in [2.45, 2.75) is 64.6 Å². The van der Waals surface area contributed by atoms with Crippen LogP contribution in [0.3, 0.4) is 0 Å². The lowest BCUT2D eigenvalue weighted by molar-refractivity contribution is -0.164. The molecule has 0 unspecified atom stereocenters. The largest absolute Gasteiger partial charge is 0.466 e. The molecular formula is C23H30N2O5. The number of fused-ring (bicyclic) bond motifs is 2. The highest BCUT2D eigenvalue weighted by molar-refractivity contribution is 6.11. The van der Waals surface area contributed by atoms with E-state index in [0.29, 0.717) is 11.3 Å². The Morgan fingerprint density at radius 3 is 2.43 bits per heavy atom. The highest BCUT2D eigenvalue weighted by Gasteiger charge is 2.68. The first-order valence-electron chi connectivity index (χ1n) is 10.2. The van der Waals surface area contributed by atoms with Crippen LogP contribution in [0.4, 0.5) is 5.69 Å². The quantitative estimate of drug-likeness (QED) is 0.581. The van der Waals surface area contributed by atoms with Crippen LogP contribution in [0, 0.1) is 5.92 Å². The number of anilines is 1. The summed E-state index contributed by atoms with van der Waals surface area (Å²) in [5, 5.41) is 6.13. The lowest BCUT2D eigenvalue weighted by atomic mass is 9.67. The SMILES string of the molecule is CCOC(=O)[C@@H]1[C@@H](C(=O)OC(C)(C)C)N[C@H](C=C(C)C)[C@@]12C(=O)Nc1ccccc12. The predicted molar refractivity (Wildman–Crippen MR) is 113 cm³/mol. The third kappa shape index (κ3) is 3.62. The molecule has 3 rings (SSSR count). The normalized spacial score (nSPS) is 27.4. The van der Waals surface area contributed by atoms with Gasteiger partial charge in [0.25, 0.3) is 0 Å². The van der Waals surface area contributed by atoms with Gasteiger partial charge in [-0.1, -0.05) is 29.8 Å². The van der Waals surface area contributed by atoms with Gasteiger partial charge in [-0.25, -0.2) is 0 Å². The number of benzene rings is 1. The summed E-state index contributed by atoms with van der Waals surface area (Å²) in [6.07, 6.45) is 1.89. The number of nitrogens with one attached hydrogen (secondary N) is 2. The van der Waals surface area contributed by atoms with Crippen molar-refractivity contribution in [1.29, 1.82) is 0 Å². The van der Waals surface area contributed by atoms with Gasteiger partial charge in [0, 0.05) is 11.7 Å². The maximum atomic E-state index is 13.5. The average molecular weight is 415 g/mol. The molecule has 1 aromatic rings. The molecule has 2 aliphatic heterocycles. The van der Waals surface area contributed by atoms with Gasteiger partial charge in [0.05, 0.1) is 6.61 Å². The van der Waals surface area contributed by atoms with Crippen molar-refractivity contribution in [3.8, 4) is 0 Å². The summed E-state index contributed by atoms with van der Waals surface area (Å²) in [6, 6.07) is 5.65. The van der Waals surface area contributed by atoms with Crippen molar-refractivity contribution in [3.05, 3.63) is 41.5 Å². The number of hydrogen-bond acceptors (Lipinski definition) is 6. The van der Waals surface area contributed by atoms with Gasteiger partial charge >= 0.3 is 11.9 Å². The molecule has 0 aliphatic carbocycles. The molecule has 1 amide bonds. The fourth-order valence-corrected chi connectivity index (χ4v) is 4.43. The van der Waals surface area contributed by atoms with Gasteiger partial charge < -0.3 is 14.8 Å². The molecule has 1 aromatic carbocycles. The molecule has 0 saturated carbocycles. The van der Waals surface area contributed by atoms with Gasteiger partial charge in [0.15, 0.2) is 0 Å². The first kappa shape index (κ1) is 22.0. The topological polar surface area (TPSA) is 93.7 Å². The predicted octanol–water partition coefficient (Wildman–Crippen LogP) is 2.70. The Morgan fingerprint density at radius 2 is 1.83 bits per heavy atom. The number of amides is 1. The minimum Gasteiger partial charge on any atom is -0.466 e. The van der Waals surface area contributed by atoms with Crippen LogP contribution in [0.25, 0.3) is 0 Å². The molecule has 0 bridgehead atoms. The summed E-state index contributed by atoms with van der Waals surface area (Å²) in [5.41, 5.74) is 0.207. The van der Waals surface area contributed by atoms with Crippen LogP contribution < -0.4 is 10.6 Å². The van der Waals surface area contributed by atoms with E-state index < -0.39 is 41.0 Å². The number of allylic oxidation sites excluding steroid dienone is 1. The van der Waals surface area contributed by atoms with E-state index in [1.54, 1.807) is 33.8 Å². The molecule has 7 nitrogen and oxygen atoms in total. The first-order valence-corrected chi connectivity index (χ1v) is 10.2. The minimum atomic E-state index is -1.32.